The number of carbonyl (C=O) groups excluding carboxylic acids is 4. The Labute approximate surface area is 189 Å². The average molecular weight is 469 g/mol. The molecule has 1 fully saturated rings. The highest BCUT2D eigenvalue weighted by atomic mass is 16.8. The Morgan fingerprint density at radius 3 is 2.18 bits per heavy atom. The van der Waals surface area contributed by atoms with Crippen molar-refractivity contribution in [2.75, 3.05) is 11.8 Å². The fraction of sp³-hybridized carbons (Fsp3) is 0.500. The summed E-state index contributed by atoms with van der Waals surface area (Å²) in [5.74, 6) is -2.86. The van der Waals surface area contributed by atoms with Gasteiger partial charge in [-0.1, -0.05) is 12.1 Å². The van der Waals surface area contributed by atoms with E-state index in [-0.39, 0.29) is 11.4 Å². The van der Waals surface area contributed by atoms with E-state index in [0.717, 1.165) is 20.8 Å². The zero-order chi connectivity index (χ0) is 24.7. The number of nitrogens with one attached hydrogen (secondary N) is 1. The topological polar surface area (TPSA) is 173 Å². The highest BCUT2D eigenvalue weighted by molar-refractivity contribution is 5.74. The van der Waals surface area contributed by atoms with E-state index >= 15 is 0 Å². The molecule has 13 nitrogen and oxygen atoms in total. The lowest BCUT2D eigenvalue weighted by Crippen LogP contribution is -2.67. The van der Waals surface area contributed by atoms with Crippen LogP contribution in [0.25, 0.3) is 0 Å². The van der Waals surface area contributed by atoms with Gasteiger partial charge in [0.2, 0.25) is 12.2 Å². The summed E-state index contributed by atoms with van der Waals surface area (Å²) < 4.78 is 27.2. The first kappa shape index (κ1) is 25.8. The van der Waals surface area contributed by atoms with Gasteiger partial charge in [-0.25, -0.2) is 0 Å². The second kappa shape index (κ2) is 11.4. The van der Waals surface area contributed by atoms with Crippen molar-refractivity contribution in [2.45, 2.75) is 58.3 Å². The van der Waals surface area contributed by atoms with Crippen molar-refractivity contribution < 1.29 is 48.1 Å². The van der Waals surface area contributed by atoms with Gasteiger partial charge in [-0.05, 0) is 12.1 Å². The van der Waals surface area contributed by atoms with E-state index in [2.05, 4.69) is 5.32 Å². The number of benzene rings is 1. The number of hydrogen-bond donors (Lipinski definition) is 2. The van der Waals surface area contributed by atoms with Crippen LogP contribution in [-0.4, -0.2) is 66.3 Å². The van der Waals surface area contributed by atoms with Crippen LogP contribution >= 0.6 is 0 Å². The molecule has 182 valence electrons. The molecule has 1 saturated heterocycles. The van der Waals surface area contributed by atoms with Crippen LogP contribution in [0, 0.1) is 5.21 Å². The zero-order valence-electron chi connectivity index (χ0n) is 18.4. The van der Waals surface area contributed by atoms with Gasteiger partial charge in [0, 0.05) is 27.7 Å². The fourth-order valence-electron chi connectivity index (χ4n) is 3.23. The van der Waals surface area contributed by atoms with Crippen molar-refractivity contribution in [3.63, 3.8) is 0 Å². The van der Waals surface area contributed by atoms with Crippen molar-refractivity contribution in [1.82, 2.24) is 5.32 Å². The lowest BCUT2D eigenvalue weighted by atomic mass is 9.96. The third kappa shape index (κ3) is 7.30. The molecule has 1 aromatic carbocycles. The molecule has 0 unspecified atom stereocenters. The van der Waals surface area contributed by atoms with Gasteiger partial charge < -0.3 is 39.4 Å². The zero-order valence-corrected chi connectivity index (χ0v) is 18.4. The molecular formula is C20H25N2O11-. The Morgan fingerprint density at radius 1 is 1.03 bits per heavy atom. The molecule has 1 aliphatic rings. The molecule has 0 spiro atoms. The van der Waals surface area contributed by atoms with Gasteiger partial charge in [0.05, 0.1) is 5.69 Å². The molecule has 1 amide bonds. The predicted molar refractivity (Wildman–Crippen MR) is 109 cm³/mol. The number of amides is 1. The van der Waals surface area contributed by atoms with Crippen molar-refractivity contribution in [3.8, 4) is 5.75 Å². The van der Waals surface area contributed by atoms with Crippen LogP contribution in [0.1, 0.15) is 27.7 Å². The predicted octanol–water partition coefficient (Wildman–Crippen LogP) is 0.415. The highest BCUT2D eigenvalue weighted by Crippen LogP contribution is 2.33. The summed E-state index contributed by atoms with van der Waals surface area (Å²) in [6.07, 6.45) is -5.21. The Hall–Kier alpha value is -3.42. The molecule has 0 bridgehead atoms. The van der Waals surface area contributed by atoms with Gasteiger partial charge in [-0.2, -0.15) is 0 Å². The molecule has 2 rings (SSSR count). The lowest BCUT2D eigenvalue weighted by molar-refractivity contribution is -0.257. The second-order valence-electron chi connectivity index (χ2n) is 7.08. The maximum atomic E-state index is 11.9. The standard InChI is InChI=1S/C20H25N2O11/c1-10(23)21-17-19(31-13(4)26)18(30-12(3)25)16(9-29-11(2)24)33-20(17)32-15-8-6-5-7-14(15)22(27)28/h5-8,16-20,27H,9H2,1-4H3,(H,21,23)/q-1/t16-,17-,18-,19-,20-/m1/s1. The monoisotopic (exact) mass is 469 g/mol. The third-order valence-electron chi connectivity index (χ3n) is 4.39. The SMILES string of the molecule is CC(=O)N[C@H]1[C@H](Oc2ccccc2N([O-])O)O[C@H](COC(C)=O)[C@@H](OC(C)=O)[C@@H]1OC(C)=O. The summed E-state index contributed by atoms with van der Waals surface area (Å²) in [5.41, 5.74) is -0.273. The first-order valence-corrected chi connectivity index (χ1v) is 9.81. The van der Waals surface area contributed by atoms with Gasteiger partial charge in [0.15, 0.2) is 12.2 Å². The van der Waals surface area contributed by atoms with Gasteiger partial charge in [0.25, 0.3) is 0 Å². The minimum atomic E-state index is -1.42. The summed E-state index contributed by atoms with van der Waals surface area (Å²) in [5, 5.41) is 22.9. The van der Waals surface area contributed by atoms with Crippen molar-refractivity contribution in [3.05, 3.63) is 29.5 Å². The molecule has 0 aromatic heterocycles. The van der Waals surface area contributed by atoms with Gasteiger partial charge in [-0.3, -0.25) is 24.4 Å². The Kier molecular flexibility index (Phi) is 8.96. The fourth-order valence-corrected chi connectivity index (χ4v) is 3.23. The largest absolute Gasteiger partial charge is 0.733 e. The van der Waals surface area contributed by atoms with Crippen LogP contribution in [0.15, 0.2) is 24.3 Å². The summed E-state index contributed by atoms with van der Waals surface area (Å²) in [4.78, 5) is 46.8. The normalized spacial score (nSPS) is 24.2. The second-order valence-corrected chi connectivity index (χ2v) is 7.08. The highest BCUT2D eigenvalue weighted by Gasteiger charge is 2.52. The van der Waals surface area contributed by atoms with Crippen molar-refractivity contribution in [2.24, 2.45) is 0 Å². The molecular weight excluding hydrogens is 444 g/mol. The molecule has 1 aliphatic heterocycles. The number of hydrogen-bond acceptors (Lipinski definition) is 12. The lowest BCUT2D eigenvalue weighted by Gasteiger charge is -2.45. The Balaban J connectivity index is 2.50. The number of carbonyl (C=O) groups is 4. The molecule has 5 atom stereocenters. The van der Waals surface area contributed by atoms with Crippen LogP contribution in [0.3, 0.4) is 0 Å². The summed E-state index contributed by atoms with van der Waals surface area (Å²) in [7, 11) is 0. The van der Waals surface area contributed by atoms with E-state index in [1.54, 1.807) is 0 Å². The maximum Gasteiger partial charge on any atom is 0.303 e. The molecule has 2 N–H and O–H groups in total. The van der Waals surface area contributed by atoms with Crippen LogP contribution in [0.2, 0.25) is 0 Å². The third-order valence-corrected chi connectivity index (χ3v) is 4.39. The molecule has 1 aromatic rings. The molecule has 33 heavy (non-hydrogen) atoms. The number of anilines is 1. The Bertz CT molecular complexity index is 875. The number of esters is 3. The molecule has 13 heteroatoms. The first-order chi connectivity index (χ1) is 15.5. The first-order valence-electron chi connectivity index (χ1n) is 9.81. The summed E-state index contributed by atoms with van der Waals surface area (Å²) >= 11 is 0. The van der Waals surface area contributed by atoms with Crippen molar-refractivity contribution >= 4 is 29.5 Å². The molecule has 0 saturated carbocycles. The van der Waals surface area contributed by atoms with Crippen molar-refractivity contribution in [1.29, 1.82) is 0 Å². The van der Waals surface area contributed by atoms with Crippen LogP contribution < -0.4 is 15.3 Å². The van der Waals surface area contributed by atoms with Gasteiger partial charge >= 0.3 is 17.9 Å². The minimum Gasteiger partial charge on any atom is -0.733 e. The number of nitrogens with zero attached hydrogens (tertiary/aromatic N) is 1. The molecule has 1 heterocycles. The van der Waals surface area contributed by atoms with E-state index in [1.165, 1.54) is 31.2 Å². The average Bonchev–Trinajstić information content (AvgIpc) is 2.70. The van der Waals surface area contributed by atoms with Crippen LogP contribution in [0.5, 0.6) is 5.75 Å². The van der Waals surface area contributed by atoms with E-state index < -0.39 is 66.3 Å². The van der Waals surface area contributed by atoms with E-state index in [0.29, 0.717) is 0 Å². The van der Waals surface area contributed by atoms with Crippen LogP contribution in [0.4, 0.5) is 5.69 Å². The van der Waals surface area contributed by atoms with E-state index in [1.807, 2.05) is 0 Å². The van der Waals surface area contributed by atoms with Gasteiger partial charge in [-0.15, -0.1) is 0 Å². The number of ether oxygens (including phenoxy) is 5. The quantitative estimate of drug-likeness (QED) is 0.305. The van der Waals surface area contributed by atoms with Gasteiger partial charge in [0.1, 0.15) is 24.5 Å². The van der Waals surface area contributed by atoms with E-state index in [9.17, 15) is 29.6 Å². The molecule has 0 aliphatic carbocycles. The smallest absolute Gasteiger partial charge is 0.303 e. The maximum absolute atomic E-state index is 11.9. The Morgan fingerprint density at radius 2 is 1.64 bits per heavy atom. The summed E-state index contributed by atoms with van der Waals surface area (Å²) in [6.45, 7) is 4.16. The minimum absolute atomic E-state index is 0.130. The molecule has 0 radical (unpaired) electrons. The van der Waals surface area contributed by atoms with E-state index in [4.69, 9.17) is 23.7 Å². The summed E-state index contributed by atoms with van der Waals surface area (Å²) in [6, 6.07) is 4.37. The number of para-hydroxylation sites is 2. The number of rotatable bonds is 8. The van der Waals surface area contributed by atoms with Crippen LogP contribution in [-0.2, 0) is 38.1 Å².